The molecule has 0 saturated carbocycles. The van der Waals surface area contributed by atoms with E-state index >= 15 is 0 Å². The molecule has 1 unspecified atom stereocenters. The maximum absolute atomic E-state index is 13.4. The number of benzene rings is 2. The number of imidazole rings is 1. The number of piperidine rings is 1. The first-order valence-corrected chi connectivity index (χ1v) is 13.4. The summed E-state index contributed by atoms with van der Waals surface area (Å²) in [5, 5.41) is 0. The van der Waals surface area contributed by atoms with Gasteiger partial charge in [0, 0.05) is 44.2 Å². The van der Waals surface area contributed by atoms with Crippen molar-refractivity contribution in [2.75, 3.05) is 19.7 Å². The summed E-state index contributed by atoms with van der Waals surface area (Å²) in [6, 6.07) is 17.7. The number of ether oxygens (including phenoxy) is 1. The van der Waals surface area contributed by atoms with Gasteiger partial charge in [-0.1, -0.05) is 54.6 Å². The number of carbonyl (C=O) groups excluding carboxylic acids is 2. The van der Waals surface area contributed by atoms with Crippen LogP contribution in [0.4, 0.5) is 0 Å². The predicted molar refractivity (Wildman–Crippen MR) is 145 cm³/mol. The summed E-state index contributed by atoms with van der Waals surface area (Å²) in [6.07, 6.45) is 9.45. The Hall–Kier alpha value is -3.75. The number of likely N-dealkylation sites (tertiary alicyclic amines) is 1. The Labute approximate surface area is 223 Å². The van der Waals surface area contributed by atoms with Crippen LogP contribution < -0.4 is 5.48 Å². The van der Waals surface area contributed by atoms with Gasteiger partial charge in [0.25, 0.3) is 11.8 Å². The molecule has 0 bridgehead atoms. The van der Waals surface area contributed by atoms with Gasteiger partial charge < -0.3 is 14.6 Å². The summed E-state index contributed by atoms with van der Waals surface area (Å²) in [5.41, 5.74) is 6.54. The molecule has 2 aliphatic heterocycles. The second-order valence-corrected chi connectivity index (χ2v) is 9.76. The van der Waals surface area contributed by atoms with Crippen molar-refractivity contribution < 1.29 is 19.2 Å². The van der Waals surface area contributed by atoms with Gasteiger partial charge in [0.15, 0.2) is 6.29 Å². The Morgan fingerprint density at radius 2 is 1.82 bits per heavy atom. The van der Waals surface area contributed by atoms with Crippen molar-refractivity contribution in [1.82, 2.24) is 20.3 Å². The smallest absolute Gasteiger partial charge is 0.272 e. The molecule has 1 atom stereocenters. The van der Waals surface area contributed by atoms with Crippen LogP contribution in [0.3, 0.4) is 0 Å². The summed E-state index contributed by atoms with van der Waals surface area (Å²) in [6.45, 7) is 2.23. The Bertz CT molecular complexity index is 1240. The lowest BCUT2D eigenvalue weighted by Crippen LogP contribution is -2.36. The number of H-pyrrole nitrogens is 1. The molecule has 2 aromatic carbocycles. The Morgan fingerprint density at radius 1 is 1.03 bits per heavy atom. The third kappa shape index (κ3) is 6.76. The molecule has 3 heterocycles. The van der Waals surface area contributed by atoms with Crippen LogP contribution in [0.5, 0.6) is 0 Å². The molecule has 0 radical (unpaired) electrons. The van der Waals surface area contributed by atoms with Crippen LogP contribution in [-0.4, -0.2) is 52.7 Å². The molecule has 5 rings (SSSR count). The zero-order valence-electron chi connectivity index (χ0n) is 21.5. The number of rotatable bonds is 8. The van der Waals surface area contributed by atoms with Crippen molar-refractivity contribution in [3.05, 3.63) is 83.3 Å². The number of amides is 2. The molecule has 2 aliphatic rings. The second kappa shape index (κ2) is 12.7. The van der Waals surface area contributed by atoms with Crippen molar-refractivity contribution >= 4 is 17.9 Å². The fourth-order valence-corrected chi connectivity index (χ4v) is 4.79. The molecular weight excluding hydrogens is 480 g/mol. The lowest BCUT2D eigenvalue weighted by molar-refractivity contribution is -0.198. The average molecular weight is 515 g/mol. The van der Waals surface area contributed by atoms with Gasteiger partial charge in [-0.25, -0.2) is 15.3 Å². The quantitative estimate of drug-likeness (QED) is 0.330. The molecule has 1 aromatic heterocycles. The van der Waals surface area contributed by atoms with Crippen molar-refractivity contribution in [2.45, 2.75) is 51.2 Å². The first kappa shape index (κ1) is 25.9. The number of hydroxylamine groups is 1. The van der Waals surface area contributed by atoms with E-state index in [0.29, 0.717) is 24.4 Å². The van der Waals surface area contributed by atoms with Gasteiger partial charge in [0.2, 0.25) is 0 Å². The maximum Gasteiger partial charge on any atom is 0.272 e. The van der Waals surface area contributed by atoms with Crippen LogP contribution in [0.15, 0.2) is 60.7 Å². The molecular formula is C30H34N4O4. The van der Waals surface area contributed by atoms with E-state index in [0.717, 1.165) is 67.7 Å². The first-order valence-electron chi connectivity index (χ1n) is 13.4. The molecule has 2 fully saturated rings. The fraction of sp³-hybridized carbons (Fsp3) is 0.367. The van der Waals surface area contributed by atoms with Crippen LogP contribution in [0.1, 0.15) is 66.0 Å². The summed E-state index contributed by atoms with van der Waals surface area (Å²) in [4.78, 5) is 40.8. The van der Waals surface area contributed by atoms with E-state index in [1.165, 1.54) is 12.5 Å². The van der Waals surface area contributed by atoms with Crippen LogP contribution in [0, 0.1) is 0 Å². The van der Waals surface area contributed by atoms with Crippen molar-refractivity contribution in [2.24, 2.45) is 0 Å². The van der Waals surface area contributed by atoms with Gasteiger partial charge in [-0.3, -0.25) is 9.59 Å². The standard InChI is InChI=1S/C30H34N4O4/c35-26(33-38-27-11-5-8-20-37-27)17-16-22-12-14-23(15-13-22)21-25-31-28(24-9-3-1-4-10-24)29(32-25)30(36)34-18-6-2-7-19-34/h1,3-4,9-10,12-17,27H,2,5-8,11,18-21H2,(H,31,32)(H,33,35)/b17-16+. The van der Waals surface area contributed by atoms with Crippen LogP contribution >= 0.6 is 0 Å². The topological polar surface area (TPSA) is 96.6 Å². The van der Waals surface area contributed by atoms with Crippen molar-refractivity contribution in [1.29, 1.82) is 0 Å². The Balaban J connectivity index is 1.24. The summed E-state index contributed by atoms with van der Waals surface area (Å²) in [7, 11) is 0. The monoisotopic (exact) mass is 514 g/mol. The number of nitrogens with zero attached hydrogens (tertiary/aromatic N) is 2. The number of aromatic amines is 1. The minimum Gasteiger partial charge on any atom is -0.350 e. The molecule has 198 valence electrons. The van der Waals surface area contributed by atoms with E-state index in [1.807, 2.05) is 59.5 Å². The Morgan fingerprint density at radius 3 is 2.55 bits per heavy atom. The number of aromatic nitrogens is 2. The van der Waals surface area contributed by atoms with Crippen LogP contribution in [0.2, 0.25) is 0 Å². The van der Waals surface area contributed by atoms with Crippen molar-refractivity contribution in [3.8, 4) is 11.3 Å². The predicted octanol–water partition coefficient (Wildman–Crippen LogP) is 4.88. The van der Waals surface area contributed by atoms with Gasteiger partial charge in [0.1, 0.15) is 17.2 Å². The largest absolute Gasteiger partial charge is 0.350 e. The maximum atomic E-state index is 13.4. The van der Waals surface area contributed by atoms with Gasteiger partial charge in [-0.15, -0.1) is 0 Å². The minimum atomic E-state index is -0.375. The number of nitrogens with one attached hydrogen (secondary N) is 2. The van der Waals surface area contributed by atoms with E-state index in [-0.39, 0.29) is 18.1 Å². The zero-order valence-corrected chi connectivity index (χ0v) is 21.5. The fourth-order valence-electron chi connectivity index (χ4n) is 4.79. The van der Waals surface area contributed by atoms with Crippen molar-refractivity contribution in [3.63, 3.8) is 0 Å². The molecule has 38 heavy (non-hydrogen) atoms. The Kier molecular flexibility index (Phi) is 8.63. The highest BCUT2D eigenvalue weighted by molar-refractivity contribution is 5.98. The molecule has 2 amide bonds. The molecule has 3 aromatic rings. The lowest BCUT2D eigenvalue weighted by Gasteiger charge is -2.26. The highest BCUT2D eigenvalue weighted by atomic mass is 16.8. The van der Waals surface area contributed by atoms with E-state index in [1.54, 1.807) is 6.08 Å². The SMILES string of the molecule is O=C(/C=C/c1ccc(Cc2nc(-c3ccccc3)c(C(=O)N3CCCCC3)[nH]2)cc1)NOC1CCCCO1. The summed E-state index contributed by atoms with van der Waals surface area (Å²) in [5.74, 6) is 0.423. The molecule has 8 nitrogen and oxygen atoms in total. The number of hydrogen-bond donors (Lipinski definition) is 2. The average Bonchev–Trinajstić information content (AvgIpc) is 3.40. The van der Waals surface area contributed by atoms with Gasteiger partial charge in [-0.05, 0) is 49.3 Å². The van der Waals surface area contributed by atoms with Gasteiger partial charge >= 0.3 is 0 Å². The zero-order chi connectivity index (χ0) is 26.2. The first-order chi connectivity index (χ1) is 18.7. The third-order valence-corrected chi connectivity index (χ3v) is 6.86. The van der Waals surface area contributed by atoms with E-state index < -0.39 is 0 Å². The minimum absolute atomic E-state index is 0.0140. The molecule has 0 spiro atoms. The van der Waals surface area contributed by atoms with Crippen LogP contribution in [-0.2, 0) is 20.8 Å². The lowest BCUT2D eigenvalue weighted by atomic mass is 10.1. The number of carbonyl (C=O) groups is 2. The third-order valence-electron chi connectivity index (χ3n) is 6.86. The molecule has 0 aliphatic carbocycles. The molecule has 2 saturated heterocycles. The highest BCUT2D eigenvalue weighted by Gasteiger charge is 2.25. The highest BCUT2D eigenvalue weighted by Crippen LogP contribution is 2.25. The summed E-state index contributed by atoms with van der Waals surface area (Å²) < 4.78 is 5.44. The second-order valence-electron chi connectivity index (χ2n) is 9.76. The normalized spacial score (nSPS) is 18.0. The number of hydrogen-bond acceptors (Lipinski definition) is 5. The molecule has 8 heteroatoms. The van der Waals surface area contributed by atoms with Gasteiger partial charge in [-0.2, -0.15) is 0 Å². The van der Waals surface area contributed by atoms with Crippen LogP contribution in [0.25, 0.3) is 17.3 Å². The van der Waals surface area contributed by atoms with E-state index in [4.69, 9.17) is 14.6 Å². The van der Waals surface area contributed by atoms with E-state index in [9.17, 15) is 9.59 Å². The summed E-state index contributed by atoms with van der Waals surface area (Å²) >= 11 is 0. The van der Waals surface area contributed by atoms with E-state index in [2.05, 4.69) is 10.5 Å². The molecule has 2 N–H and O–H groups in total. The van der Waals surface area contributed by atoms with Gasteiger partial charge in [0.05, 0.1) is 0 Å².